The predicted octanol–water partition coefficient (Wildman–Crippen LogP) is 3.61. The molecule has 0 aliphatic carbocycles. The molecule has 0 saturated carbocycles. The zero-order valence-electron chi connectivity index (χ0n) is 17.5. The number of rotatable bonds is 7. The summed E-state index contributed by atoms with van der Waals surface area (Å²) in [6.07, 6.45) is 3.57. The van der Waals surface area contributed by atoms with Crippen molar-refractivity contribution in [2.75, 3.05) is 25.0 Å². The van der Waals surface area contributed by atoms with E-state index in [0.29, 0.717) is 13.1 Å². The summed E-state index contributed by atoms with van der Waals surface area (Å²) < 4.78 is 32.2. The van der Waals surface area contributed by atoms with E-state index in [9.17, 15) is 28.1 Å². The Morgan fingerprint density at radius 3 is 2.45 bits per heavy atom. The van der Waals surface area contributed by atoms with Crippen LogP contribution in [0.5, 0.6) is 0 Å². The van der Waals surface area contributed by atoms with E-state index in [4.69, 9.17) is 16.3 Å². The van der Waals surface area contributed by atoms with E-state index in [1.807, 2.05) is 0 Å². The van der Waals surface area contributed by atoms with Crippen molar-refractivity contribution in [2.24, 2.45) is 0 Å². The second-order valence-electron chi connectivity index (χ2n) is 7.39. The van der Waals surface area contributed by atoms with Gasteiger partial charge in [-0.1, -0.05) is 30.5 Å². The zero-order chi connectivity index (χ0) is 24.0. The molecule has 0 atom stereocenters. The maximum atomic E-state index is 12.9. The van der Waals surface area contributed by atoms with Crippen LogP contribution in [-0.2, 0) is 19.6 Å². The largest absolute Gasteiger partial charge is 0.452 e. The number of carbonyl (C=O) groups is 2. The van der Waals surface area contributed by atoms with Gasteiger partial charge in [0, 0.05) is 29.9 Å². The highest BCUT2D eigenvalue weighted by atomic mass is 35.5. The maximum Gasteiger partial charge on any atom is 0.345 e. The SMILES string of the molecule is O=C(COC(=O)c1cc(Cl)ccc1[N+](=O)[O-])Nc1cccc(S(=O)(=O)N2CCCCCC2)c1. The first-order chi connectivity index (χ1) is 15.7. The molecule has 0 unspecified atom stereocenters. The molecule has 33 heavy (non-hydrogen) atoms. The summed E-state index contributed by atoms with van der Waals surface area (Å²) in [6, 6.07) is 9.20. The van der Waals surface area contributed by atoms with Crippen LogP contribution in [0.1, 0.15) is 36.0 Å². The highest BCUT2D eigenvalue weighted by Crippen LogP contribution is 2.24. The summed E-state index contributed by atoms with van der Waals surface area (Å²) in [5.41, 5.74) is -0.678. The zero-order valence-corrected chi connectivity index (χ0v) is 19.1. The van der Waals surface area contributed by atoms with Crippen LogP contribution in [0.4, 0.5) is 11.4 Å². The summed E-state index contributed by atoms with van der Waals surface area (Å²) in [7, 11) is -3.70. The molecule has 10 nitrogen and oxygen atoms in total. The van der Waals surface area contributed by atoms with Crippen molar-refractivity contribution in [1.82, 2.24) is 4.31 Å². The molecule has 2 aromatic carbocycles. The number of nitrogens with one attached hydrogen (secondary N) is 1. The van der Waals surface area contributed by atoms with E-state index in [1.54, 1.807) is 0 Å². The van der Waals surface area contributed by atoms with Crippen molar-refractivity contribution in [3.8, 4) is 0 Å². The number of carbonyl (C=O) groups excluding carboxylic acids is 2. The molecule has 1 aliphatic heterocycles. The number of nitro groups is 1. The molecule has 2 aromatic rings. The third-order valence-corrected chi connectivity index (χ3v) is 7.16. The molecule has 12 heteroatoms. The van der Waals surface area contributed by atoms with Gasteiger partial charge >= 0.3 is 5.97 Å². The van der Waals surface area contributed by atoms with Gasteiger partial charge in [-0.05, 0) is 43.2 Å². The number of hydrogen-bond acceptors (Lipinski definition) is 7. The Labute approximate surface area is 195 Å². The van der Waals surface area contributed by atoms with Crippen molar-refractivity contribution in [3.05, 3.63) is 63.2 Å². The molecule has 176 valence electrons. The van der Waals surface area contributed by atoms with Crippen molar-refractivity contribution in [3.63, 3.8) is 0 Å². The molecular formula is C21H22ClN3O7S. The maximum absolute atomic E-state index is 12.9. The lowest BCUT2D eigenvalue weighted by Crippen LogP contribution is -2.32. The first-order valence-corrected chi connectivity index (χ1v) is 12.0. The predicted molar refractivity (Wildman–Crippen MR) is 121 cm³/mol. The molecule has 0 aromatic heterocycles. The number of amides is 1. The Balaban J connectivity index is 1.65. The molecule has 1 heterocycles. The molecule has 0 spiro atoms. The van der Waals surface area contributed by atoms with Gasteiger partial charge in [0.1, 0.15) is 5.56 Å². The lowest BCUT2D eigenvalue weighted by molar-refractivity contribution is -0.385. The van der Waals surface area contributed by atoms with Crippen molar-refractivity contribution < 1.29 is 27.7 Å². The van der Waals surface area contributed by atoms with Crippen molar-refractivity contribution >= 4 is 44.9 Å². The van der Waals surface area contributed by atoms with Crippen molar-refractivity contribution in [1.29, 1.82) is 0 Å². The molecule has 1 saturated heterocycles. The Morgan fingerprint density at radius 2 is 1.79 bits per heavy atom. The van der Waals surface area contributed by atoms with Crippen LogP contribution in [0.2, 0.25) is 5.02 Å². The van der Waals surface area contributed by atoms with E-state index >= 15 is 0 Å². The van der Waals surface area contributed by atoms with E-state index in [2.05, 4.69) is 5.32 Å². The van der Waals surface area contributed by atoms with Gasteiger partial charge in [0.05, 0.1) is 9.82 Å². The second-order valence-corrected chi connectivity index (χ2v) is 9.76. The number of benzene rings is 2. The fourth-order valence-corrected chi connectivity index (χ4v) is 5.14. The summed E-state index contributed by atoms with van der Waals surface area (Å²) >= 11 is 5.79. The van der Waals surface area contributed by atoms with Crippen LogP contribution < -0.4 is 5.32 Å². The lowest BCUT2D eigenvalue weighted by atomic mass is 10.2. The minimum atomic E-state index is -3.70. The van der Waals surface area contributed by atoms with Gasteiger partial charge in [0.25, 0.3) is 11.6 Å². The average molecular weight is 496 g/mol. The van der Waals surface area contributed by atoms with Crippen LogP contribution in [0.25, 0.3) is 0 Å². The Bertz CT molecular complexity index is 1160. The highest BCUT2D eigenvalue weighted by molar-refractivity contribution is 7.89. The van der Waals surface area contributed by atoms with Gasteiger partial charge < -0.3 is 10.1 Å². The number of esters is 1. The number of anilines is 1. The molecule has 1 N–H and O–H groups in total. The molecule has 1 fully saturated rings. The van der Waals surface area contributed by atoms with E-state index < -0.39 is 39.1 Å². The molecule has 1 amide bonds. The molecule has 0 radical (unpaired) electrons. The van der Waals surface area contributed by atoms with Crippen molar-refractivity contribution in [2.45, 2.75) is 30.6 Å². The van der Waals surface area contributed by atoms with Gasteiger partial charge in [0.2, 0.25) is 10.0 Å². The second kappa shape index (κ2) is 10.7. The molecular weight excluding hydrogens is 474 g/mol. The van der Waals surface area contributed by atoms with Gasteiger partial charge in [-0.3, -0.25) is 14.9 Å². The minimum Gasteiger partial charge on any atom is -0.452 e. The van der Waals surface area contributed by atoms with Crippen LogP contribution >= 0.6 is 11.6 Å². The third kappa shape index (κ3) is 6.28. The lowest BCUT2D eigenvalue weighted by Gasteiger charge is -2.20. The number of hydrogen-bond donors (Lipinski definition) is 1. The smallest absolute Gasteiger partial charge is 0.345 e. The minimum absolute atomic E-state index is 0.0498. The highest BCUT2D eigenvalue weighted by Gasteiger charge is 2.26. The number of ether oxygens (including phenoxy) is 1. The third-order valence-electron chi connectivity index (χ3n) is 5.03. The summed E-state index contributed by atoms with van der Waals surface area (Å²) in [5, 5.41) is 13.6. The number of nitrogens with zero attached hydrogens (tertiary/aromatic N) is 2. The van der Waals surface area contributed by atoms with Gasteiger partial charge in [-0.15, -0.1) is 0 Å². The monoisotopic (exact) mass is 495 g/mol. The van der Waals surface area contributed by atoms with Crippen LogP contribution in [0, 0.1) is 10.1 Å². The normalized spacial score (nSPS) is 14.8. The summed E-state index contributed by atoms with van der Waals surface area (Å²) in [6.45, 7) is 0.167. The Kier molecular flexibility index (Phi) is 8.01. The fraction of sp³-hybridized carbons (Fsp3) is 0.333. The van der Waals surface area contributed by atoms with Crippen LogP contribution in [-0.4, -0.2) is 49.2 Å². The first kappa shape index (κ1) is 24.6. The quantitative estimate of drug-likeness (QED) is 0.352. The standard InChI is InChI=1S/C21H22ClN3O7S/c22-15-8-9-19(25(28)29)18(12-15)21(27)32-14-20(26)23-16-6-5-7-17(13-16)33(30,31)24-10-3-1-2-4-11-24/h5-9,12-13H,1-4,10-11,14H2,(H,23,26). The molecule has 3 rings (SSSR count). The summed E-state index contributed by atoms with van der Waals surface area (Å²) in [5.74, 6) is -1.82. The number of nitro benzene ring substituents is 1. The van der Waals surface area contributed by atoms with E-state index in [0.717, 1.165) is 37.8 Å². The Morgan fingerprint density at radius 1 is 1.09 bits per heavy atom. The van der Waals surface area contributed by atoms with Crippen LogP contribution in [0.15, 0.2) is 47.4 Å². The average Bonchev–Trinajstić information content (AvgIpc) is 3.07. The molecule has 0 bridgehead atoms. The number of sulfonamides is 1. The van der Waals surface area contributed by atoms with Gasteiger partial charge in [0.15, 0.2) is 6.61 Å². The van der Waals surface area contributed by atoms with E-state index in [-0.39, 0.29) is 21.2 Å². The molecule has 1 aliphatic rings. The van der Waals surface area contributed by atoms with Crippen LogP contribution in [0.3, 0.4) is 0 Å². The Hall–Kier alpha value is -3.02. The topological polar surface area (TPSA) is 136 Å². The van der Waals surface area contributed by atoms with E-state index in [1.165, 1.54) is 34.6 Å². The first-order valence-electron chi connectivity index (χ1n) is 10.2. The number of halogens is 1. The van der Waals surface area contributed by atoms with Gasteiger partial charge in [-0.2, -0.15) is 4.31 Å². The van der Waals surface area contributed by atoms with Gasteiger partial charge in [-0.25, -0.2) is 13.2 Å². The fourth-order valence-electron chi connectivity index (χ4n) is 3.40. The summed E-state index contributed by atoms with van der Waals surface area (Å²) in [4.78, 5) is 34.8.